The van der Waals surface area contributed by atoms with Gasteiger partial charge in [-0.3, -0.25) is 9.62 Å². The summed E-state index contributed by atoms with van der Waals surface area (Å²) in [7, 11) is -1.58. The van der Waals surface area contributed by atoms with Crippen LogP contribution in [0.5, 0.6) is 0 Å². The Balaban J connectivity index is 1.26. The summed E-state index contributed by atoms with van der Waals surface area (Å²) >= 11 is 2.75. The van der Waals surface area contributed by atoms with E-state index in [4.69, 9.17) is 4.98 Å². The largest absolute Gasteiger partial charge is 0.332 e. The molecule has 0 saturated heterocycles. The molecule has 37 heavy (non-hydrogen) atoms. The molecule has 0 aliphatic carbocycles. The number of rotatable bonds is 10. The predicted octanol–water partition coefficient (Wildman–Crippen LogP) is 6.37. The zero-order chi connectivity index (χ0) is 25.7. The molecule has 0 spiro atoms. The number of nitrogens with one attached hydrogen (secondary N) is 2. The third-order valence-corrected chi connectivity index (χ3v) is 8.68. The first-order chi connectivity index (χ1) is 18.0. The number of hydrogen-bond acceptors (Lipinski definition) is 8. The van der Waals surface area contributed by atoms with E-state index in [1.54, 1.807) is 35.8 Å². The molecule has 5 aromatic rings. The van der Waals surface area contributed by atoms with Crippen LogP contribution < -0.4 is 10.0 Å². The molecule has 2 aromatic heterocycles. The summed E-state index contributed by atoms with van der Waals surface area (Å²) in [6, 6.07) is 27.6. The topological polar surface area (TPSA) is 87.2 Å². The summed E-state index contributed by atoms with van der Waals surface area (Å²) in [5.74, 6) is 0. The first-order valence-corrected chi connectivity index (χ1v) is 14.8. The molecule has 188 valence electrons. The van der Waals surface area contributed by atoms with Gasteiger partial charge in [-0.2, -0.15) is 0 Å². The molecule has 5 rings (SSSR count). The molecule has 3 aromatic carbocycles. The molecule has 0 radical (unpaired) electrons. The highest BCUT2D eigenvalue weighted by atomic mass is 32.2. The zero-order valence-corrected chi connectivity index (χ0v) is 22.4. The Kier molecular flexibility index (Phi) is 7.61. The molecule has 7 nitrogen and oxygen atoms in total. The van der Waals surface area contributed by atoms with Gasteiger partial charge in [-0.15, -0.1) is 22.7 Å². The highest BCUT2D eigenvalue weighted by molar-refractivity contribution is 7.93. The third-order valence-electron chi connectivity index (χ3n) is 5.70. The smallest absolute Gasteiger partial charge is 0.263 e. The van der Waals surface area contributed by atoms with Crippen molar-refractivity contribution in [1.82, 2.24) is 14.9 Å². The van der Waals surface area contributed by atoms with Gasteiger partial charge in [0.1, 0.15) is 0 Å². The van der Waals surface area contributed by atoms with E-state index in [1.807, 2.05) is 17.5 Å². The maximum Gasteiger partial charge on any atom is 0.263 e. The molecule has 2 N–H and O–H groups in total. The van der Waals surface area contributed by atoms with E-state index in [0.29, 0.717) is 11.7 Å². The standard InChI is InChI=1S/C27H25N5O2S3/c1-32(25(20-8-4-2-5-9-20)21-10-6-3-7-11-21)18-23-19-36-27(30-23)29-22-12-14-24(15-13-22)37(33,34)31-26-28-16-17-35-26/h2-17,19,25H,18H2,1H3,(H,28,31)(H,29,30). The van der Waals surface area contributed by atoms with Crippen LogP contribution in [0.4, 0.5) is 16.0 Å². The first-order valence-electron chi connectivity index (χ1n) is 11.5. The van der Waals surface area contributed by atoms with Gasteiger partial charge in [-0.05, 0) is 42.4 Å². The Morgan fingerprint density at radius 2 is 1.51 bits per heavy atom. The van der Waals surface area contributed by atoms with Crippen LogP contribution in [0.15, 0.2) is 107 Å². The van der Waals surface area contributed by atoms with Crippen LogP contribution in [0.2, 0.25) is 0 Å². The van der Waals surface area contributed by atoms with Crippen LogP contribution in [0.3, 0.4) is 0 Å². The van der Waals surface area contributed by atoms with Crippen molar-refractivity contribution in [2.75, 3.05) is 17.1 Å². The molecular formula is C27H25N5O2S3. The molecule has 10 heteroatoms. The molecule has 2 heterocycles. The second-order valence-corrected chi connectivity index (χ2v) is 11.8. The van der Waals surface area contributed by atoms with Gasteiger partial charge in [0.25, 0.3) is 10.0 Å². The van der Waals surface area contributed by atoms with Crippen molar-refractivity contribution in [3.05, 3.63) is 119 Å². The molecule has 0 unspecified atom stereocenters. The van der Waals surface area contributed by atoms with Gasteiger partial charge in [-0.25, -0.2) is 18.4 Å². The third kappa shape index (κ3) is 6.23. The van der Waals surface area contributed by atoms with Crippen LogP contribution in [0.25, 0.3) is 0 Å². The lowest BCUT2D eigenvalue weighted by molar-refractivity contribution is 0.268. The summed E-state index contributed by atoms with van der Waals surface area (Å²) in [5.41, 5.74) is 4.17. The molecule has 0 fully saturated rings. The molecule has 0 amide bonds. The van der Waals surface area contributed by atoms with Gasteiger partial charge in [0.2, 0.25) is 0 Å². The summed E-state index contributed by atoms with van der Waals surface area (Å²) < 4.78 is 27.6. The minimum Gasteiger partial charge on any atom is -0.332 e. The van der Waals surface area contributed by atoms with Crippen LogP contribution in [-0.4, -0.2) is 30.3 Å². The summed E-state index contributed by atoms with van der Waals surface area (Å²) in [5, 5.41) is 8.12. The van der Waals surface area contributed by atoms with E-state index in [1.165, 1.54) is 33.8 Å². The number of thiazole rings is 2. The number of hydrogen-bond donors (Lipinski definition) is 2. The average Bonchev–Trinajstić information content (AvgIpc) is 3.57. The number of sulfonamides is 1. The molecule has 0 aliphatic heterocycles. The SMILES string of the molecule is CN(Cc1csc(Nc2ccc(S(=O)(=O)Nc3nccs3)cc2)n1)C(c1ccccc1)c1ccccc1. The fraction of sp³-hybridized carbons (Fsp3) is 0.111. The normalized spacial score (nSPS) is 11.6. The highest BCUT2D eigenvalue weighted by Crippen LogP contribution is 2.30. The number of aromatic nitrogens is 2. The lowest BCUT2D eigenvalue weighted by atomic mass is 9.97. The Bertz CT molecular complexity index is 1480. The van der Waals surface area contributed by atoms with Crippen LogP contribution in [-0.2, 0) is 16.6 Å². The van der Waals surface area contributed by atoms with E-state index in [9.17, 15) is 8.42 Å². The van der Waals surface area contributed by atoms with Crippen molar-refractivity contribution < 1.29 is 8.42 Å². The van der Waals surface area contributed by atoms with Crippen LogP contribution >= 0.6 is 22.7 Å². The minimum atomic E-state index is -3.68. The van der Waals surface area contributed by atoms with Crippen LogP contribution in [0, 0.1) is 0 Å². The van der Waals surface area contributed by atoms with Gasteiger partial charge < -0.3 is 5.32 Å². The van der Waals surface area contributed by atoms with Crippen molar-refractivity contribution in [3.8, 4) is 0 Å². The first kappa shape index (κ1) is 25.1. The Morgan fingerprint density at radius 3 is 2.11 bits per heavy atom. The van der Waals surface area contributed by atoms with Gasteiger partial charge >= 0.3 is 0 Å². The zero-order valence-electron chi connectivity index (χ0n) is 20.0. The van der Waals surface area contributed by atoms with Gasteiger partial charge in [0.15, 0.2) is 10.3 Å². The number of benzene rings is 3. The van der Waals surface area contributed by atoms with Gasteiger partial charge in [-0.1, -0.05) is 60.7 Å². The average molecular weight is 548 g/mol. The van der Waals surface area contributed by atoms with Gasteiger partial charge in [0, 0.05) is 29.2 Å². The molecular weight excluding hydrogens is 523 g/mol. The molecule has 0 bridgehead atoms. The number of nitrogens with zero attached hydrogens (tertiary/aromatic N) is 3. The second-order valence-electron chi connectivity index (χ2n) is 8.38. The highest BCUT2D eigenvalue weighted by Gasteiger charge is 2.20. The Hall–Kier alpha value is -3.57. The van der Waals surface area contributed by atoms with Crippen molar-refractivity contribution in [1.29, 1.82) is 0 Å². The lowest BCUT2D eigenvalue weighted by Gasteiger charge is -2.28. The maximum atomic E-state index is 12.6. The minimum absolute atomic E-state index is 0.105. The van der Waals surface area contributed by atoms with E-state index >= 15 is 0 Å². The predicted molar refractivity (Wildman–Crippen MR) is 151 cm³/mol. The lowest BCUT2D eigenvalue weighted by Crippen LogP contribution is -2.25. The Morgan fingerprint density at radius 1 is 0.865 bits per heavy atom. The van der Waals surface area contributed by atoms with Crippen LogP contribution in [0.1, 0.15) is 22.9 Å². The van der Waals surface area contributed by atoms with Crippen molar-refractivity contribution in [2.45, 2.75) is 17.5 Å². The van der Waals surface area contributed by atoms with E-state index in [2.05, 4.69) is 75.5 Å². The molecule has 0 atom stereocenters. The Labute approximate surface area is 224 Å². The maximum absolute atomic E-state index is 12.6. The van der Waals surface area contributed by atoms with Crippen molar-refractivity contribution in [3.63, 3.8) is 0 Å². The molecule has 0 aliphatic rings. The van der Waals surface area contributed by atoms with Gasteiger partial charge in [0.05, 0.1) is 16.6 Å². The quantitative estimate of drug-likeness (QED) is 0.211. The van der Waals surface area contributed by atoms with Crippen molar-refractivity contribution >= 4 is 48.6 Å². The van der Waals surface area contributed by atoms with E-state index < -0.39 is 10.0 Å². The number of anilines is 3. The van der Waals surface area contributed by atoms with E-state index in [0.717, 1.165) is 16.5 Å². The fourth-order valence-electron chi connectivity index (χ4n) is 4.04. The fourth-order valence-corrected chi connectivity index (χ4v) is 6.55. The molecule has 0 saturated carbocycles. The summed E-state index contributed by atoms with van der Waals surface area (Å²) in [6.45, 7) is 0.673. The van der Waals surface area contributed by atoms with E-state index in [-0.39, 0.29) is 10.9 Å². The summed E-state index contributed by atoms with van der Waals surface area (Å²) in [6.07, 6.45) is 1.55. The second kappa shape index (κ2) is 11.2. The monoisotopic (exact) mass is 547 g/mol. The summed E-state index contributed by atoms with van der Waals surface area (Å²) in [4.78, 5) is 11.2. The van der Waals surface area contributed by atoms with Crippen molar-refractivity contribution in [2.24, 2.45) is 0 Å².